The number of rotatable bonds is 6. The van der Waals surface area contributed by atoms with Crippen LogP contribution >= 0.6 is 0 Å². The Hall–Kier alpha value is -7.22. The SMILES string of the molecule is CC1(C)c2ccc([C@H](c3ccc(-c4ccccc4)cc3)c3ccc(C4(c5ccccc5)c5ccccc5-c5ccccc54)cc3)cc2-c2cc3c(cc21)oc1ccccc13. The van der Waals surface area contributed by atoms with Gasteiger partial charge in [0.25, 0.3) is 0 Å². The molecule has 0 saturated heterocycles. The summed E-state index contributed by atoms with van der Waals surface area (Å²) < 4.78 is 6.41. The van der Waals surface area contributed by atoms with Crippen LogP contribution in [-0.2, 0) is 10.8 Å². The van der Waals surface area contributed by atoms with Crippen LogP contribution in [0.5, 0.6) is 0 Å². The molecule has 0 amide bonds. The van der Waals surface area contributed by atoms with E-state index in [0.29, 0.717) is 0 Å². The predicted octanol–water partition coefficient (Wildman–Crippen LogP) is 15.1. The molecular weight excluding hydrogens is 725 g/mol. The molecule has 1 nitrogen and oxygen atoms in total. The van der Waals surface area contributed by atoms with Crippen molar-refractivity contribution in [3.63, 3.8) is 0 Å². The molecule has 0 bridgehead atoms. The van der Waals surface area contributed by atoms with Gasteiger partial charge in [-0.25, -0.2) is 0 Å². The molecule has 0 spiro atoms. The van der Waals surface area contributed by atoms with Crippen LogP contribution in [0.1, 0.15) is 69.8 Å². The number of hydrogen-bond acceptors (Lipinski definition) is 1. The van der Waals surface area contributed by atoms with Crippen molar-refractivity contribution >= 4 is 21.9 Å². The minimum absolute atomic E-state index is 0.00986. The fourth-order valence-electron chi connectivity index (χ4n) is 10.9. The average Bonchev–Trinajstić information content (AvgIpc) is 3.90. The second kappa shape index (κ2) is 13.1. The topological polar surface area (TPSA) is 13.1 Å². The molecule has 0 unspecified atom stereocenters. The van der Waals surface area contributed by atoms with Crippen LogP contribution in [0, 0.1) is 0 Å². The van der Waals surface area contributed by atoms with E-state index in [-0.39, 0.29) is 11.3 Å². The minimum Gasteiger partial charge on any atom is -0.456 e. The van der Waals surface area contributed by atoms with Gasteiger partial charge >= 0.3 is 0 Å². The van der Waals surface area contributed by atoms with Gasteiger partial charge in [-0.05, 0) is 108 Å². The lowest BCUT2D eigenvalue weighted by molar-refractivity contribution is 0.647. The summed E-state index contributed by atoms with van der Waals surface area (Å²) in [5, 5.41) is 2.33. The Balaban J connectivity index is 1.04. The largest absolute Gasteiger partial charge is 0.456 e. The van der Waals surface area contributed by atoms with Crippen LogP contribution in [0.2, 0.25) is 0 Å². The maximum atomic E-state index is 6.41. The average molecular weight is 767 g/mol. The second-order valence-corrected chi connectivity index (χ2v) is 17.2. The Bertz CT molecular complexity index is 3210. The Morgan fingerprint density at radius 2 is 0.883 bits per heavy atom. The molecule has 0 fully saturated rings. The third-order valence-electron chi connectivity index (χ3n) is 13.7. The Morgan fingerprint density at radius 3 is 1.58 bits per heavy atom. The van der Waals surface area contributed by atoms with E-state index in [1.807, 2.05) is 0 Å². The molecule has 12 rings (SSSR count). The highest BCUT2D eigenvalue weighted by atomic mass is 16.3. The summed E-state index contributed by atoms with van der Waals surface area (Å²) in [5.74, 6) is 0.00986. The van der Waals surface area contributed by atoms with Gasteiger partial charge in [-0.3, -0.25) is 0 Å². The number of fused-ring (bicyclic) bond motifs is 9. The zero-order chi connectivity index (χ0) is 40.0. The first kappa shape index (κ1) is 34.8. The Morgan fingerprint density at radius 1 is 0.350 bits per heavy atom. The van der Waals surface area contributed by atoms with E-state index in [2.05, 4.69) is 226 Å². The lowest BCUT2D eigenvalue weighted by atomic mass is 9.67. The lowest BCUT2D eigenvalue weighted by Crippen LogP contribution is -2.28. The first-order valence-electron chi connectivity index (χ1n) is 21.1. The molecule has 1 aromatic heterocycles. The third-order valence-corrected chi connectivity index (χ3v) is 13.7. The summed E-state index contributed by atoms with van der Waals surface area (Å²) in [6, 6.07) is 78.9. The van der Waals surface area contributed by atoms with Gasteiger partial charge < -0.3 is 4.42 Å². The van der Waals surface area contributed by atoms with Crippen molar-refractivity contribution in [2.24, 2.45) is 0 Å². The third kappa shape index (κ3) is 4.99. The Labute approximate surface area is 351 Å². The molecule has 10 aromatic rings. The van der Waals surface area contributed by atoms with E-state index in [9.17, 15) is 0 Å². The standard InChI is InChI=1S/C59H42O/c1-58(2)51-34-31-42(35-48(51)49-36-50-47-21-11-14-24-55(47)60-56(50)37-54(49)58)57(40-27-25-39(26-28-40)38-15-5-3-6-16-38)41-29-32-44(33-30-41)59(43-17-7-4-8-18-43)52-22-12-9-19-45(52)46-20-10-13-23-53(46)59/h3-37,57H,1-2H3/t57-/m1/s1. The molecular formula is C59H42O. The van der Waals surface area contributed by atoms with Crippen LogP contribution < -0.4 is 0 Å². The molecule has 0 N–H and O–H groups in total. The van der Waals surface area contributed by atoms with Crippen molar-refractivity contribution in [2.45, 2.75) is 30.6 Å². The van der Waals surface area contributed by atoms with Gasteiger partial charge in [0, 0.05) is 22.1 Å². The maximum absolute atomic E-state index is 6.41. The van der Waals surface area contributed by atoms with E-state index < -0.39 is 5.41 Å². The van der Waals surface area contributed by atoms with Crippen LogP contribution in [0.15, 0.2) is 217 Å². The van der Waals surface area contributed by atoms with Crippen LogP contribution in [0.25, 0.3) is 55.3 Å². The fraction of sp³-hybridized carbons (Fsp3) is 0.0847. The quantitative estimate of drug-likeness (QED) is 0.154. The van der Waals surface area contributed by atoms with Crippen molar-refractivity contribution in [1.29, 1.82) is 0 Å². The zero-order valence-corrected chi connectivity index (χ0v) is 33.7. The van der Waals surface area contributed by atoms with E-state index >= 15 is 0 Å². The summed E-state index contributed by atoms with van der Waals surface area (Å²) in [7, 11) is 0. The van der Waals surface area contributed by atoms with E-state index in [0.717, 1.165) is 16.6 Å². The van der Waals surface area contributed by atoms with Gasteiger partial charge in [0.1, 0.15) is 11.2 Å². The summed E-state index contributed by atoms with van der Waals surface area (Å²) >= 11 is 0. The second-order valence-electron chi connectivity index (χ2n) is 17.2. The van der Waals surface area contributed by atoms with E-state index in [1.165, 1.54) is 88.8 Å². The molecule has 2 aliphatic rings. The summed E-state index contributed by atoms with van der Waals surface area (Å²) in [5.41, 5.74) is 20.7. The number of hydrogen-bond donors (Lipinski definition) is 0. The highest BCUT2D eigenvalue weighted by molar-refractivity contribution is 6.07. The molecule has 0 radical (unpaired) electrons. The van der Waals surface area contributed by atoms with Crippen molar-refractivity contribution in [3.05, 3.63) is 262 Å². The van der Waals surface area contributed by atoms with Crippen LogP contribution in [0.4, 0.5) is 0 Å². The minimum atomic E-state index is -0.439. The van der Waals surface area contributed by atoms with Crippen molar-refractivity contribution in [3.8, 4) is 33.4 Å². The molecule has 0 aliphatic heterocycles. The molecule has 1 atom stereocenters. The lowest BCUT2D eigenvalue weighted by Gasteiger charge is -2.34. The predicted molar refractivity (Wildman–Crippen MR) is 248 cm³/mol. The summed E-state index contributed by atoms with van der Waals surface area (Å²) in [6.45, 7) is 4.71. The first-order chi connectivity index (χ1) is 29.5. The summed E-state index contributed by atoms with van der Waals surface area (Å²) in [6.07, 6.45) is 0. The highest BCUT2D eigenvalue weighted by Crippen LogP contribution is 2.56. The monoisotopic (exact) mass is 766 g/mol. The molecule has 2 aliphatic carbocycles. The molecule has 1 heterocycles. The number of furan rings is 1. The molecule has 60 heavy (non-hydrogen) atoms. The fourth-order valence-corrected chi connectivity index (χ4v) is 10.9. The number of para-hydroxylation sites is 1. The van der Waals surface area contributed by atoms with Crippen molar-refractivity contribution in [1.82, 2.24) is 0 Å². The van der Waals surface area contributed by atoms with Gasteiger partial charge in [-0.2, -0.15) is 0 Å². The Kier molecular flexibility index (Phi) is 7.62. The maximum Gasteiger partial charge on any atom is 0.135 e. The smallest absolute Gasteiger partial charge is 0.135 e. The van der Waals surface area contributed by atoms with Gasteiger partial charge in [0.05, 0.1) is 5.41 Å². The van der Waals surface area contributed by atoms with E-state index in [4.69, 9.17) is 4.42 Å². The molecule has 0 saturated carbocycles. The van der Waals surface area contributed by atoms with Gasteiger partial charge in [-0.1, -0.05) is 202 Å². The molecule has 284 valence electrons. The van der Waals surface area contributed by atoms with Crippen LogP contribution in [0.3, 0.4) is 0 Å². The normalized spacial score (nSPS) is 14.7. The van der Waals surface area contributed by atoms with Crippen molar-refractivity contribution < 1.29 is 4.42 Å². The van der Waals surface area contributed by atoms with Gasteiger partial charge in [0.2, 0.25) is 0 Å². The first-order valence-corrected chi connectivity index (χ1v) is 21.1. The molecule has 9 aromatic carbocycles. The van der Waals surface area contributed by atoms with Gasteiger partial charge in [-0.15, -0.1) is 0 Å². The van der Waals surface area contributed by atoms with E-state index in [1.54, 1.807) is 0 Å². The number of benzene rings is 9. The summed E-state index contributed by atoms with van der Waals surface area (Å²) in [4.78, 5) is 0. The molecule has 1 heteroatoms. The van der Waals surface area contributed by atoms with Gasteiger partial charge in [0.15, 0.2) is 0 Å². The van der Waals surface area contributed by atoms with Crippen LogP contribution in [-0.4, -0.2) is 0 Å². The highest BCUT2D eigenvalue weighted by Gasteiger charge is 2.46. The van der Waals surface area contributed by atoms with Crippen molar-refractivity contribution in [2.75, 3.05) is 0 Å². The zero-order valence-electron chi connectivity index (χ0n) is 33.7.